The van der Waals surface area contributed by atoms with Gasteiger partial charge in [0.1, 0.15) is 0 Å². The Hall–Kier alpha value is -1.42. The topological polar surface area (TPSA) is 70.4 Å². The van der Waals surface area contributed by atoms with E-state index in [-0.39, 0.29) is 12.5 Å². The van der Waals surface area contributed by atoms with Crippen LogP contribution >= 0.6 is 0 Å². The van der Waals surface area contributed by atoms with Crippen LogP contribution in [-0.4, -0.2) is 27.3 Å². The molecule has 0 saturated carbocycles. The van der Waals surface area contributed by atoms with Gasteiger partial charge in [0.05, 0.1) is 12.1 Å². The monoisotopic (exact) mass is 197 g/mol. The van der Waals surface area contributed by atoms with E-state index in [4.69, 9.17) is 10.2 Å². The molecular weight excluding hydrogens is 182 g/mol. The van der Waals surface area contributed by atoms with Gasteiger partial charge in [-0.15, -0.1) is 0 Å². The van der Waals surface area contributed by atoms with Crippen LogP contribution in [0.3, 0.4) is 0 Å². The predicted molar refractivity (Wildman–Crippen MR) is 52.9 cm³/mol. The van der Waals surface area contributed by atoms with Crippen molar-refractivity contribution in [2.75, 3.05) is 0 Å². The number of carbonyl (C=O) groups is 1. The number of hydrogen-bond acceptors (Lipinski definition) is 3. The highest BCUT2D eigenvalue weighted by Crippen LogP contribution is 1.93. The molecule has 4 heteroatoms. The number of carboxylic acids is 1. The maximum Gasteiger partial charge on any atom is 0.309 e. The second-order valence-corrected chi connectivity index (χ2v) is 2.99. The second-order valence-electron chi connectivity index (χ2n) is 2.99. The van der Waals surface area contributed by atoms with Gasteiger partial charge in [0.15, 0.2) is 0 Å². The molecule has 1 rings (SSSR count). The number of rotatable bonds is 2. The van der Waals surface area contributed by atoms with Crippen LogP contribution < -0.4 is 0 Å². The Balaban J connectivity index is 0.000000364. The molecule has 0 amide bonds. The SMILES string of the molecule is CC(C)O.O=C(O)Cc1ccccn1. The summed E-state index contributed by atoms with van der Waals surface area (Å²) in [6, 6.07) is 5.21. The molecule has 1 heterocycles. The van der Waals surface area contributed by atoms with Crippen LogP contribution in [0.15, 0.2) is 24.4 Å². The Bertz CT molecular complexity index is 257. The lowest BCUT2D eigenvalue weighted by Gasteiger charge is -1.91. The van der Waals surface area contributed by atoms with E-state index in [9.17, 15) is 4.79 Å². The van der Waals surface area contributed by atoms with Gasteiger partial charge in [0.25, 0.3) is 0 Å². The average molecular weight is 197 g/mol. The van der Waals surface area contributed by atoms with Crippen molar-refractivity contribution in [3.63, 3.8) is 0 Å². The first-order chi connectivity index (χ1) is 6.52. The minimum absolute atomic E-state index is 0.000833. The minimum atomic E-state index is -0.848. The standard InChI is InChI=1S/C7H7NO2.C3H8O/c9-7(10)5-6-3-1-2-4-8-6;1-3(2)4/h1-4H,5H2,(H,9,10);3-4H,1-2H3. The molecule has 2 N–H and O–H groups in total. The number of nitrogens with zero attached hydrogens (tertiary/aromatic N) is 1. The van der Waals surface area contributed by atoms with Crippen molar-refractivity contribution in [1.82, 2.24) is 4.98 Å². The second kappa shape index (κ2) is 7.03. The number of aliphatic hydroxyl groups is 1. The summed E-state index contributed by atoms with van der Waals surface area (Å²) in [5, 5.41) is 16.4. The van der Waals surface area contributed by atoms with Gasteiger partial charge in [-0.05, 0) is 26.0 Å². The predicted octanol–water partition coefficient (Wildman–Crippen LogP) is 1.10. The largest absolute Gasteiger partial charge is 0.481 e. The summed E-state index contributed by atoms with van der Waals surface area (Å²) in [7, 11) is 0. The molecule has 0 atom stereocenters. The Kier molecular flexibility index (Phi) is 6.32. The molecule has 0 bridgehead atoms. The first-order valence-electron chi connectivity index (χ1n) is 4.32. The van der Waals surface area contributed by atoms with E-state index in [1.165, 1.54) is 0 Å². The molecule has 78 valence electrons. The van der Waals surface area contributed by atoms with Crippen LogP contribution in [0.4, 0.5) is 0 Å². The van der Waals surface area contributed by atoms with Gasteiger partial charge in [-0.3, -0.25) is 9.78 Å². The quantitative estimate of drug-likeness (QED) is 0.744. The molecule has 0 spiro atoms. The molecule has 0 fully saturated rings. The number of hydrogen-bond donors (Lipinski definition) is 2. The fourth-order valence-electron chi connectivity index (χ4n) is 0.658. The van der Waals surface area contributed by atoms with Crippen LogP contribution in [0.1, 0.15) is 19.5 Å². The smallest absolute Gasteiger partial charge is 0.309 e. The minimum Gasteiger partial charge on any atom is -0.481 e. The Morgan fingerprint density at radius 3 is 2.43 bits per heavy atom. The van der Waals surface area contributed by atoms with E-state index in [1.54, 1.807) is 38.2 Å². The first-order valence-corrected chi connectivity index (χ1v) is 4.32. The summed E-state index contributed by atoms with van der Waals surface area (Å²) in [5.74, 6) is -0.848. The van der Waals surface area contributed by atoms with E-state index in [0.717, 1.165) is 0 Å². The van der Waals surface area contributed by atoms with E-state index in [0.29, 0.717) is 5.69 Å². The number of aliphatic hydroxyl groups excluding tert-OH is 1. The van der Waals surface area contributed by atoms with E-state index >= 15 is 0 Å². The molecule has 0 saturated heterocycles. The molecule has 1 aromatic rings. The summed E-state index contributed by atoms with van der Waals surface area (Å²) < 4.78 is 0. The number of aliphatic carboxylic acids is 1. The highest BCUT2D eigenvalue weighted by atomic mass is 16.4. The Morgan fingerprint density at radius 1 is 1.50 bits per heavy atom. The van der Waals surface area contributed by atoms with E-state index in [2.05, 4.69) is 4.98 Å². The van der Waals surface area contributed by atoms with E-state index < -0.39 is 5.97 Å². The molecule has 0 aromatic carbocycles. The molecule has 0 aliphatic heterocycles. The van der Waals surface area contributed by atoms with Crippen molar-refractivity contribution in [2.45, 2.75) is 26.4 Å². The van der Waals surface area contributed by atoms with Crippen molar-refractivity contribution in [3.8, 4) is 0 Å². The molecule has 4 nitrogen and oxygen atoms in total. The normalized spacial score (nSPS) is 9.14. The molecule has 0 radical (unpaired) electrons. The van der Waals surface area contributed by atoms with Crippen LogP contribution in [0, 0.1) is 0 Å². The molecular formula is C10H15NO3. The molecule has 0 aliphatic rings. The van der Waals surface area contributed by atoms with Gasteiger partial charge in [0, 0.05) is 12.3 Å². The van der Waals surface area contributed by atoms with Crippen molar-refractivity contribution in [1.29, 1.82) is 0 Å². The average Bonchev–Trinajstić information content (AvgIpc) is 2.03. The highest BCUT2D eigenvalue weighted by molar-refractivity contribution is 5.69. The fraction of sp³-hybridized carbons (Fsp3) is 0.400. The number of aromatic nitrogens is 1. The zero-order valence-electron chi connectivity index (χ0n) is 8.34. The summed E-state index contributed by atoms with van der Waals surface area (Å²) >= 11 is 0. The third kappa shape index (κ3) is 8.67. The summed E-state index contributed by atoms with van der Waals surface area (Å²) in [6.45, 7) is 3.44. The van der Waals surface area contributed by atoms with Crippen LogP contribution in [0.5, 0.6) is 0 Å². The van der Waals surface area contributed by atoms with Gasteiger partial charge in [-0.1, -0.05) is 6.07 Å². The lowest BCUT2D eigenvalue weighted by molar-refractivity contribution is -0.136. The molecule has 14 heavy (non-hydrogen) atoms. The van der Waals surface area contributed by atoms with Gasteiger partial charge in [-0.25, -0.2) is 0 Å². The zero-order chi connectivity index (χ0) is 11.0. The van der Waals surface area contributed by atoms with Crippen molar-refractivity contribution < 1.29 is 15.0 Å². The van der Waals surface area contributed by atoms with Crippen LogP contribution in [-0.2, 0) is 11.2 Å². The molecule has 0 aliphatic carbocycles. The van der Waals surface area contributed by atoms with Crippen LogP contribution in [0.2, 0.25) is 0 Å². The van der Waals surface area contributed by atoms with Gasteiger partial charge < -0.3 is 10.2 Å². The first kappa shape index (κ1) is 12.6. The van der Waals surface area contributed by atoms with Gasteiger partial charge >= 0.3 is 5.97 Å². The Morgan fingerprint density at radius 2 is 2.07 bits per heavy atom. The highest BCUT2D eigenvalue weighted by Gasteiger charge is 1.98. The number of pyridine rings is 1. The maximum atomic E-state index is 10.1. The third-order valence-corrected chi connectivity index (χ3v) is 1.06. The number of carboxylic acid groups (broad SMARTS) is 1. The molecule has 1 aromatic heterocycles. The van der Waals surface area contributed by atoms with Gasteiger partial charge in [-0.2, -0.15) is 0 Å². The summed E-state index contributed by atoms with van der Waals surface area (Å²) in [4.78, 5) is 14.0. The lowest BCUT2D eigenvalue weighted by atomic mass is 10.3. The molecule has 0 unspecified atom stereocenters. The Labute approximate surface area is 83.2 Å². The third-order valence-electron chi connectivity index (χ3n) is 1.06. The maximum absolute atomic E-state index is 10.1. The fourth-order valence-corrected chi connectivity index (χ4v) is 0.658. The van der Waals surface area contributed by atoms with Crippen molar-refractivity contribution in [3.05, 3.63) is 30.1 Å². The van der Waals surface area contributed by atoms with Crippen molar-refractivity contribution in [2.24, 2.45) is 0 Å². The van der Waals surface area contributed by atoms with Crippen LogP contribution in [0.25, 0.3) is 0 Å². The zero-order valence-corrected chi connectivity index (χ0v) is 8.34. The summed E-state index contributed by atoms with van der Waals surface area (Å²) in [5.41, 5.74) is 0.593. The van der Waals surface area contributed by atoms with E-state index in [1.807, 2.05) is 0 Å². The van der Waals surface area contributed by atoms with Gasteiger partial charge in [0.2, 0.25) is 0 Å². The van der Waals surface area contributed by atoms with Crippen molar-refractivity contribution >= 4 is 5.97 Å². The summed E-state index contributed by atoms with van der Waals surface area (Å²) in [6.07, 6.45) is 1.42. The lowest BCUT2D eigenvalue weighted by Crippen LogP contribution is -2.01.